The minimum atomic E-state index is 0.531. The zero-order valence-electron chi connectivity index (χ0n) is 10.3. The predicted molar refractivity (Wildman–Crippen MR) is 81.0 cm³/mol. The van der Waals surface area contributed by atoms with Crippen molar-refractivity contribution in [3.8, 4) is 33.4 Å². The van der Waals surface area contributed by atoms with Crippen molar-refractivity contribution in [2.75, 3.05) is 0 Å². The van der Waals surface area contributed by atoms with E-state index in [-0.39, 0.29) is 0 Å². The van der Waals surface area contributed by atoms with Gasteiger partial charge in [0, 0.05) is 0 Å². The van der Waals surface area contributed by atoms with Crippen LogP contribution in [-0.2, 0) is 0 Å². The smallest absolute Gasteiger partial charge is 0.0611 e. The van der Waals surface area contributed by atoms with Crippen LogP contribution in [0.5, 0.6) is 0 Å². The first kappa shape index (κ1) is 8.76. The van der Waals surface area contributed by atoms with E-state index in [9.17, 15) is 0 Å². The molecule has 0 saturated heterocycles. The van der Waals surface area contributed by atoms with E-state index >= 15 is 0 Å². The number of fused-ring (bicyclic) bond motifs is 3. The second-order valence-corrected chi connectivity index (χ2v) is 5.73. The third-order valence-electron chi connectivity index (χ3n) is 5.05. The van der Waals surface area contributed by atoms with Crippen molar-refractivity contribution in [1.82, 2.24) is 0 Å². The Morgan fingerprint density at radius 3 is 0.947 bits per heavy atom. The predicted octanol–water partition coefficient (Wildman–Crippen LogP) is 2.14. The molecule has 0 aromatic heterocycles. The van der Waals surface area contributed by atoms with Gasteiger partial charge in [0.15, 0.2) is 0 Å². The molecule has 0 atom stereocenters. The molecule has 0 aliphatic carbocycles. The van der Waals surface area contributed by atoms with Crippen LogP contribution in [0.15, 0.2) is 54.6 Å². The van der Waals surface area contributed by atoms with E-state index in [2.05, 4.69) is 54.6 Å². The Hall–Kier alpha value is -2.28. The fourth-order valence-corrected chi connectivity index (χ4v) is 4.47. The van der Waals surface area contributed by atoms with Crippen LogP contribution < -0.4 is 16.4 Å². The molecule has 1 heteroatoms. The van der Waals surface area contributed by atoms with Crippen LogP contribution in [0, 0.1) is 0 Å². The molecule has 0 radical (unpaired) electrons. The lowest BCUT2D eigenvalue weighted by molar-refractivity contribution is 1.71. The van der Waals surface area contributed by atoms with Gasteiger partial charge in [-0.25, -0.2) is 0 Å². The van der Waals surface area contributed by atoms with Crippen molar-refractivity contribution in [2.24, 2.45) is 0 Å². The van der Waals surface area contributed by atoms with Crippen LogP contribution in [0.3, 0.4) is 0 Å². The van der Waals surface area contributed by atoms with E-state index in [1.807, 2.05) is 0 Å². The summed E-state index contributed by atoms with van der Waals surface area (Å²) in [6, 6.07) is 20.4. The number of rotatable bonds is 0. The topological polar surface area (TPSA) is 0 Å². The van der Waals surface area contributed by atoms with Crippen LogP contribution in [0.1, 0.15) is 0 Å². The van der Waals surface area contributed by atoms with Gasteiger partial charge in [0.05, 0.1) is 0 Å². The molecule has 0 bridgehead atoms. The van der Waals surface area contributed by atoms with Crippen LogP contribution >= 0.6 is 0 Å². The molecule has 3 aromatic rings. The number of benzene rings is 3. The first-order valence-corrected chi connectivity index (χ1v) is 6.85. The monoisotopic (exact) mass is 236 g/mol. The van der Waals surface area contributed by atoms with Crippen LogP contribution in [0.2, 0.25) is 0 Å². The third kappa shape index (κ3) is 0.729. The highest BCUT2D eigenvalue weighted by Crippen LogP contribution is 2.41. The molecular weight excluding hydrogens is 227 g/mol. The molecule has 84 valence electrons. The lowest BCUT2D eigenvalue weighted by Crippen LogP contribution is -2.41. The van der Waals surface area contributed by atoms with E-state index in [0.29, 0.717) is 6.71 Å². The zero-order valence-corrected chi connectivity index (χ0v) is 10.3. The van der Waals surface area contributed by atoms with E-state index in [1.54, 1.807) is 16.4 Å². The fourth-order valence-electron chi connectivity index (χ4n) is 4.47. The highest BCUT2D eigenvalue weighted by molar-refractivity contribution is 7.05. The van der Waals surface area contributed by atoms with Crippen molar-refractivity contribution >= 4 is 23.1 Å². The lowest BCUT2D eigenvalue weighted by Gasteiger charge is -2.04. The summed E-state index contributed by atoms with van der Waals surface area (Å²) < 4.78 is 0. The summed E-state index contributed by atoms with van der Waals surface area (Å²) in [5.74, 6) is 0. The van der Waals surface area contributed by atoms with E-state index in [4.69, 9.17) is 0 Å². The molecule has 0 spiro atoms. The van der Waals surface area contributed by atoms with Crippen molar-refractivity contribution in [3.63, 3.8) is 0 Å². The zero-order chi connectivity index (χ0) is 12.1. The molecule has 6 rings (SSSR count). The Bertz CT molecular complexity index is 738. The quantitative estimate of drug-likeness (QED) is 0.354. The summed E-state index contributed by atoms with van der Waals surface area (Å²) in [5, 5.41) is 0. The summed E-state index contributed by atoms with van der Waals surface area (Å²) in [7, 11) is 0. The maximum atomic E-state index is 2.29. The Morgan fingerprint density at radius 1 is 0.421 bits per heavy atom. The molecule has 3 aliphatic heterocycles. The molecule has 3 aromatic carbocycles. The second kappa shape index (κ2) is 2.53. The van der Waals surface area contributed by atoms with Crippen molar-refractivity contribution in [1.29, 1.82) is 0 Å². The van der Waals surface area contributed by atoms with E-state index in [0.717, 1.165) is 0 Å². The van der Waals surface area contributed by atoms with Gasteiger partial charge < -0.3 is 0 Å². The van der Waals surface area contributed by atoms with Gasteiger partial charge in [-0.15, -0.1) is 0 Å². The highest BCUT2D eigenvalue weighted by Gasteiger charge is 2.47. The van der Waals surface area contributed by atoms with Gasteiger partial charge in [-0.05, 0) is 33.4 Å². The van der Waals surface area contributed by atoms with Gasteiger partial charge in [0.25, 0.3) is 0 Å². The van der Waals surface area contributed by atoms with Gasteiger partial charge in [0.2, 0.25) is 6.71 Å². The lowest BCUT2D eigenvalue weighted by atomic mass is 9.43. The first-order valence-electron chi connectivity index (χ1n) is 6.85. The summed E-state index contributed by atoms with van der Waals surface area (Å²) in [5.41, 5.74) is 13.4. The van der Waals surface area contributed by atoms with E-state index in [1.165, 1.54) is 33.4 Å². The first-order chi connectivity index (χ1) is 9.45. The average Bonchev–Trinajstić information content (AvgIpc) is 3.09. The standard InChI is InChI=1S/C18H9B/c1-4-10-12-6-2-8-14-15-9-3-7-13-11(5-1)16(10)19(17(12)14)18(13)15/h1-9H. The Labute approximate surface area is 111 Å². The third-order valence-corrected chi connectivity index (χ3v) is 5.05. The van der Waals surface area contributed by atoms with Crippen LogP contribution in [-0.4, -0.2) is 6.71 Å². The molecule has 19 heavy (non-hydrogen) atoms. The second-order valence-electron chi connectivity index (χ2n) is 5.73. The molecule has 0 unspecified atom stereocenters. The minimum absolute atomic E-state index is 0.531. The van der Waals surface area contributed by atoms with Gasteiger partial charge >= 0.3 is 0 Å². The van der Waals surface area contributed by atoms with Crippen molar-refractivity contribution in [2.45, 2.75) is 0 Å². The molecule has 0 fully saturated rings. The van der Waals surface area contributed by atoms with Gasteiger partial charge in [0.1, 0.15) is 0 Å². The summed E-state index contributed by atoms with van der Waals surface area (Å²) in [6.45, 7) is 0.531. The van der Waals surface area contributed by atoms with Crippen molar-refractivity contribution in [3.05, 3.63) is 54.6 Å². The largest absolute Gasteiger partial charge is 0.246 e. The Balaban J connectivity index is 2.00. The van der Waals surface area contributed by atoms with Crippen LogP contribution in [0.25, 0.3) is 33.4 Å². The SMILES string of the molecule is c1cc2c3c(c1)-c1cccc4c1B3c1c-2cccc1-4. The molecular formula is C18H9B. The normalized spacial score (nSPS) is 14.2. The maximum Gasteiger partial charge on any atom is 0.246 e. The highest BCUT2D eigenvalue weighted by atomic mass is 14.3. The van der Waals surface area contributed by atoms with Gasteiger partial charge in [-0.1, -0.05) is 71.0 Å². The van der Waals surface area contributed by atoms with Gasteiger partial charge in [-0.2, -0.15) is 0 Å². The van der Waals surface area contributed by atoms with Gasteiger partial charge in [-0.3, -0.25) is 0 Å². The molecule has 0 nitrogen and oxygen atoms in total. The van der Waals surface area contributed by atoms with E-state index < -0.39 is 0 Å². The maximum absolute atomic E-state index is 2.29. The van der Waals surface area contributed by atoms with Crippen molar-refractivity contribution < 1.29 is 0 Å². The fraction of sp³-hybridized carbons (Fsp3) is 0. The molecule has 0 amide bonds. The Morgan fingerprint density at radius 2 is 0.684 bits per heavy atom. The molecule has 3 heterocycles. The Kier molecular flexibility index (Phi) is 1.17. The number of hydrogen-bond donors (Lipinski definition) is 0. The summed E-state index contributed by atoms with van der Waals surface area (Å²) >= 11 is 0. The summed E-state index contributed by atoms with van der Waals surface area (Å²) in [6.07, 6.45) is 0. The molecule has 0 N–H and O–H groups in total. The average molecular weight is 236 g/mol. The summed E-state index contributed by atoms with van der Waals surface area (Å²) in [4.78, 5) is 0. The molecule has 0 saturated carbocycles. The molecule has 3 aliphatic rings. The number of hydrogen-bond acceptors (Lipinski definition) is 0. The minimum Gasteiger partial charge on any atom is -0.0611 e. The van der Waals surface area contributed by atoms with Crippen LogP contribution in [0.4, 0.5) is 0 Å².